The molecule has 1 rings (SSSR count). The smallest absolute Gasteiger partial charge is 0.163 e. The van der Waals surface area contributed by atoms with Gasteiger partial charge in [-0.15, -0.1) is 0 Å². The number of benzene rings is 1. The molecule has 4 heteroatoms. The van der Waals surface area contributed by atoms with Crippen molar-refractivity contribution in [2.75, 3.05) is 26.7 Å². The molecule has 0 aliphatic rings. The minimum absolute atomic E-state index is 0.157. The highest BCUT2D eigenvalue weighted by Gasteiger charge is 2.18. The van der Waals surface area contributed by atoms with Crippen LogP contribution in [0.25, 0.3) is 0 Å². The topological polar surface area (TPSA) is 15.3 Å². The summed E-state index contributed by atoms with van der Waals surface area (Å²) in [5, 5.41) is 3.08. The normalized spacial score (nSPS) is 13.0. The Bertz CT molecular complexity index is 403. The molecule has 1 aromatic rings. The highest BCUT2D eigenvalue weighted by Crippen LogP contribution is 2.24. The second-order valence-corrected chi connectivity index (χ2v) is 4.76. The summed E-state index contributed by atoms with van der Waals surface area (Å²) in [6.07, 6.45) is 0.762. The maximum absolute atomic E-state index is 14.0. The fraction of sp³-hybridized carbons (Fsp3) is 0.600. The van der Waals surface area contributed by atoms with E-state index in [1.807, 2.05) is 0 Å². The van der Waals surface area contributed by atoms with Gasteiger partial charge in [-0.2, -0.15) is 0 Å². The van der Waals surface area contributed by atoms with Gasteiger partial charge in [-0.1, -0.05) is 26.0 Å². The van der Waals surface area contributed by atoms with Gasteiger partial charge in [0.25, 0.3) is 0 Å². The molecule has 108 valence electrons. The highest BCUT2D eigenvalue weighted by molar-refractivity contribution is 5.27. The Balaban J connectivity index is 2.83. The van der Waals surface area contributed by atoms with Gasteiger partial charge in [-0.25, -0.2) is 8.78 Å². The van der Waals surface area contributed by atoms with Gasteiger partial charge in [0.15, 0.2) is 11.6 Å². The minimum atomic E-state index is -0.736. The lowest BCUT2D eigenvalue weighted by Crippen LogP contribution is -2.28. The van der Waals surface area contributed by atoms with Gasteiger partial charge in [0.2, 0.25) is 0 Å². The predicted octanol–water partition coefficient (Wildman–Crippen LogP) is 3.27. The molecule has 2 nitrogen and oxygen atoms in total. The van der Waals surface area contributed by atoms with Crippen molar-refractivity contribution in [3.05, 3.63) is 34.9 Å². The molecule has 0 aromatic heterocycles. The van der Waals surface area contributed by atoms with Gasteiger partial charge in [-0.3, -0.25) is 0 Å². The Labute approximate surface area is 114 Å². The molecule has 1 atom stereocenters. The SMILES string of the molecule is CCN(CC)CCC(NC)c1ccc(C)c(F)c1F. The third-order valence-corrected chi connectivity index (χ3v) is 3.66. The van der Waals surface area contributed by atoms with E-state index in [0.717, 1.165) is 26.1 Å². The zero-order valence-corrected chi connectivity index (χ0v) is 12.3. The van der Waals surface area contributed by atoms with Gasteiger partial charge in [-0.05, 0) is 45.6 Å². The Kier molecular flexibility index (Phi) is 6.38. The van der Waals surface area contributed by atoms with Crippen LogP contribution < -0.4 is 5.32 Å². The summed E-state index contributed by atoms with van der Waals surface area (Å²) < 4.78 is 27.6. The van der Waals surface area contributed by atoms with E-state index in [2.05, 4.69) is 24.1 Å². The molecule has 1 aromatic carbocycles. The lowest BCUT2D eigenvalue weighted by Gasteiger charge is -2.23. The quantitative estimate of drug-likeness (QED) is 0.818. The van der Waals surface area contributed by atoms with Crippen LogP contribution in [0.5, 0.6) is 0 Å². The number of hydrogen-bond donors (Lipinski definition) is 1. The van der Waals surface area contributed by atoms with Gasteiger partial charge in [0.05, 0.1) is 0 Å². The summed E-state index contributed by atoms with van der Waals surface area (Å²) in [6.45, 7) is 8.59. The van der Waals surface area contributed by atoms with E-state index in [1.165, 1.54) is 0 Å². The van der Waals surface area contributed by atoms with Crippen molar-refractivity contribution in [3.8, 4) is 0 Å². The van der Waals surface area contributed by atoms with Gasteiger partial charge < -0.3 is 10.2 Å². The summed E-state index contributed by atoms with van der Waals surface area (Å²) >= 11 is 0. The van der Waals surface area contributed by atoms with Crippen LogP contribution in [0.2, 0.25) is 0 Å². The first-order chi connectivity index (χ1) is 9.04. The zero-order chi connectivity index (χ0) is 14.4. The summed E-state index contributed by atoms with van der Waals surface area (Å²) in [5.41, 5.74) is 0.762. The van der Waals surface area contributed by atoms with Crippen LogP contribution in [0.15, 0.2) is 12.1 Å². The zero-order valence-electron chi connectivity index (χ0n) is 12.3. The lowest BCUT2D eigenvalue weighted by atomic mass is 10.0. The Hall–Kier alpha value is -1.00. The minimum Gasteiger partial charge on any atom is -0.313 e. The van der Waals surface area contributed by atoms with Crippen LogP contribution in [-0.4, -0.2) is 31.6 Å². The third-order valence-electron chi connectivity index (χ3n) is 3.66. The summed E-state index contributed by atoms with van der Waals surface area (Å²) in [4.78, 5) is 2.27. The fourth-order valence-corrected chi connectivity index (χ4v) is 2.24. The van der Waals surface area contributed by atoms with E-state index in [1.54, 1.807) is 26.1 Å². The van der Waals surface area contributed by atoms with Crippen LogP contribution in [0.4, 0.5) is 8.78 Å². The fourth-order valence-electron chi connectivity index (χ4n) is 2.24. The second-order valence-electron chi connectivity index (χ2n) is 4.76. The van der Waals surface area contributed by atoms with E-state index in [-0.39, 0.29) is 6.04 Å². The van der Waals surface area contributed by atoms with Crippen molar-refractivity contribution in [2.45, 2.75) is 33.2 Å². The molecule has 1 N–H and O–H groups in total. The molecule has 0 amide bonds. The van der Waals surface area contributed by atoms with Crippen LogP contribution in [-0.2, 0) is 0 Å². The van der Waals surface area contributed by atoms with Crippen molar-refractivity contribution >= 4 is 0 Å². The Morgan fingerprint density at radius 3 is 2.32 bits per heavy atom. The van der Waals surface area contributed by atoms with E-state index in [0.29, 0.717) is 11.1 Å². The molecule has 19 heavy (non-hydrogen) atoms. The molecule has 0 saturated carbocycles. The number of nitrogens with zero attached hydrogens (tertiary/aromatic N) is 1. The summed E-state index contributed by atoms with van der Waals surface area (Å²) in [7, 11) is 1.78. The molecule has 0 aliphatic heterocycles. The van der Waals surface area contributed by atoms with E-state index >= 15 is 0 Å². The van der Waals surface area contributed by atoms with Crippen molar-refractivity contribution in [1.29, 1.82) is 0 Å². The first-order valence-corrected chi connectivity index (χ1v) is 6.89. The molecule has 0 fully saturated rings. The van der Waals surface area contributed by atoms with Crippen molar-refractivity contribution in [1.82, 2.24) is 10.2 Å². The average Bonchev–Trinajstić information content (AvgIpc) is 2.43. The number of halogens is 2. The predicted molar refractivity (Wildman–Crippen MR) is 75.3 cm³/mol. The number of aryl methyl sites for hydroxylation is 1. The van der Waals surface area contributed by atoms with Crippen molar-refractivity contribution in [3.63, 3.8) is 0 Å². The monoisotopic (exact) mass is 270 g/mol. The van der Waals surface area contributed by atoms with Crippen LogP contribution >= 0.6 is 0 Å². The number of rotatable bonds is 7. The third kappa shape index (κ3) is 3.98. The molecular formula is C15H24F2N2. The highest BCUT2D eigenvalue weighted by atomic mass is 19.2. The number of hydrogen-bond acceptors (Lipinski definition) is 2. The molecular weight excluding hydrogens is 246 g/mol. The first-order valence-electron chi connectivity index (χ1n) is 6.89. The van der Waals surface area contributed by atoms with Crippen molar-refractivity contribution in [2.24, 2.45) is 0 Å². The first kappa shape index (κ1) is 16.1. The van der Waals surface area contributed by atoms with Crippen LogP contribution in [0, 0.1) is 18.6 Å². The molecule has 0 spiro atoms. The molecule has 0 heterocycles. The van der Waals surface area contributed by atoms with Gasteiger partial charge in [0, 0.05) is 11.6 Å². The van der Waals surface area contributed by atoms with Crippen LogP contribution in [0.1, 0.15) is 37.4 Å². The summed E-state index contributed by atoms with van der Waals surface area (Å²) in [5.74, 6) is -1.46. The Morgan fingerprint density at radius 1 is 1.16 bits per heavy atom. The maximum Gasteiger partial charge on any atom is 0.163 e. The largest absolute Gasteiger partial charge is 0.313 e. The molecule has 0 bridgehead atoms. The molecule has 0 saturated heterocycles. The lowest BCUT2D eigenvalue weighted by molar-refractivity contribution is 0.282. The molecule has 1 unspecified atom stereocenters. The Morgan fingerprint density at radius 2 is 1.79 bits per heavy atom. The second kappa shape index (κ2) is 7.56. The number of nitrogens with one attached hydrogen (secondary N) is 1. The van der Waals surface area contributed by atoms with Crippen LogP contribution in [0.3, 0.4) is 0 Å². The van der Waals surface area contributed by atoms with Gasteiger partial charge in [0.1, 0.15) is 0 Å². The maximum atomic E-state index is 14.0. The molecule has 0 aliphatic carbocycles. The summed E-state index contributed by atoms with van der Waals surface area (Å²) in [6, 6.07) is 3.16. The standard InChI is InChI=1S/C15H24F2N2/c1-5-19(6-2)10-9-13(18-4)12-8-7-11(3)14(16)15(12)17/h7-8,13,18H,5-6,9-10H2,1-4H3. The van der Waals surface area contributed by atoms with E-state index in [4.69, 9.17) is 0 Å². The average molecular weight is 270 g/mol. The van der Waals surface area contributed by atoms with E-state index in [9.17, 15) is 8.78 Å². The van der Waals surface area contributed by atoms with Gasteiger partial charge >= 0.3 is 0 Å². The van der Waals surface area contributed by atoms with Crippen molar-refractivity contribution < 1.29 is 8.78 Å². The van der Waals surface area contributed by atoms with E-state index < -0.39 is 11.6 Å². The molecule has 0 radical (unpaired) electrons.